The molecule has 1 aliphatic heterocycles. The summed E-state index contributed by atoms with van der Waals surface area (Å²) in [5.74, 6) is 13.7. The van der Waals surface area contributed by atoms with Gasteiger partial charge in [0.15, 0.2) is 0 Å². The van der Waals surface area contributed by atoms with Crippen LogP contribution >= 0.6 is 0 Å². The standard InChI is InChI=1S/2C12H24.C12H18.C11H23N.C11H17N/c3*1-9(2)11-6-5-7-12(8-11)10(3)4;2*1-8(2)10-5-11(9(3)4)7-12-6-10/h2*9-12H,5-8H2,1-4H3;5-10H,1-4H3;8-12H,5-7H2,1-4H3;5-9H,1-4H3. The van der Waals surface area contributed by atoms with E-state index in [1.165, 1.54) is 93.1 Å². The Kier molecular flexibility index (Phi) is 27.8. The monoisotopic (exact) mass is 831 g/mol. The molecule has 1 saturated heterocycles. The number of pyridine rings is 1. The molecule has 60 heavy (non-hydrogen) atoms. The molecule has 2 aromatic rings. The minimum atomic E-state index is 0.580. The van der Waals surface area contributed by atoms with E-state index in [2.05, 4.69) is 179 Å². The van der Waals surface area contributed by atoms with E-state index in [9.17, 15) is 0 Å². The highest BCUT2D eigenvalue weighted by Gasteiger charge is 2.27. The average Bonchev–Trinajstić information content (AvgIpc) is 3.21. The van der Waals surface area contributed by atoms with E-state index in [0.717, 1.165) is 71.0 Å². The smallest absolute Gasteiger partial charge is 0.0302 e. The van der Waals surface area contributed by atoms with Crippen molar-refractivity contribution in [1.82, 2.24) is 10.3 Å². The Morgan fingerprint density at radius 3 is 0.917 bits per heavy atom. The summed E-state index contributed by atoms with van der Waals surface area (Å²) in [4.78, 5) is 4.23. The van der Waals surface area contributed by atoms with Crippen LogP contribution in [0.4, 0.5) is 0 Å². The number of benzene rings is 1. The van der Waals surface area contributed by atoms with Gasteiger partial charge in [-0.1, -0.05) is 207 Å². The lowest BCUT2D eigenvalue weighted by Gasteiger charge is -2.34. The highest BCUT2D eigenvalue weighted by Crippen LogP contribution is 2.38. The molecule has 6 unspecified atom stereocenters. The van der Waals surface area contributed by atoms with Gasteiger partial charge < -0.3 is 5.32 Å². The first-order chi connectivity index (χ1) is 28.0. The first kappa shape index (κ1) is 56.3. The molecule has 1 N–H and O–H groups in total. The number of piperidine rings is 1. The summed E-state index contributed by atoms with van der Waals surface area (Å²) in [6, 6.07) is 11.1. The van der Waals surface area contributed by atoms with Crippen LogP contribution in [-0.2, 0) is 0 Å². The summed E-state index contributed by atoms with van der Waals surface area (Å²) in [6.07, 6.45) is 17.2. The van der Waals surface area contributed by atoms with Crippen LogP contribution in [0.5, 0.6) is 0 Å². The molecule has 3 aliphatic rings. The van der Waals surface area contributed by atoms with Gasteiger partial charge in [-0.15, -0.1) is 0 Å². The SMILES string of the molecule is CC(C)C1CCCC(C(C)C)C1.CC(C)C1CCCC(C(C)C)C1.CC(C)C1CNCC(C(C)C)C1.CC(C)c1cccc(C(C)C)c1.CC(C)c1cncc(C(C)C)c1. The molecule has 0 bridgehead atoms. The first-order valence-corrected chi connectivity index (χ1v) is 25.8. The third-order valence-corrected chi connectivity index (χ3v) is 14.9. The molecule has 0 spiro atoms. The van der Waals surface area contributed by atoms with Gasteiger partial charge >= 0.3 is 0 Å². The second kappa shape index (κ2) is 29.6. The molecule has 2 heteroatoms. The Morgan fingerprint density at radius 2 is 0.650 bits per heavy atom. The van der Waals surface area contributed by atoms with E-state index in [1.54, 1.807) is 0 Å². The minimum Gasteiger partial charge on any atom is -0.316 e. The molecule has 348 valence electrons. The molecule has 5 rings (SSSR count). The number of hydrogen-bond acceptors (Lipinski definition) is 2. The van der Waals surface area contributed by atoms with Crippen molar-refractivity contribution in [2.45, 2.75) is 220 Å². The highest BCUT2D eigenvalue weighted by molar-refractivity contribution is 5.27. The van der Waals surface area contributed by atoms with E-state index < -0.39 is 0 Å². The zero-order valence-electron chi connectivity index (χ0n) is 44.0. The molecule has 0 amide bonds. The zero-order valence-corrected chi connectivity index (χ0v) is 44.0. The third kappa shape index (κ3) is 22.1. The lowest BCUT2D eigenvalue weighted by Crippen LogP contribution is -2.40. The molecule has 2 heterocycles. The van der Waals surface area contributed by atoms with Crippen LogP contribution in [0.15, 0.2) is 42.7 Å². The molecular formula is C58H106N2. The zero-order chi connectivity index (χ0) is 45.7. The lowest BCUT2D eigenvalue weighted by atomic mass is 9.72. The minimum absolute atomic E-state index is 0.580. The van der Waals surface area contributed by atoms with Crippen molar-refractivity contribution in [2.24, 2.45) is 71.0 Å². The van der Waals surface area contributed by atoms with Crippen molar-refractivity contribution in [3.63, 3.8) is 0 Å². The number of rotatable bonds is 10. The van der Waals surface area contributed by atoms with Crippen molar-refractivity contribution in [3.8, 4) is 0 Å². The molecule has 3 fully saturated rings. The fraction of sp³-hybridized carbons (Fsp3) is 0.810. The van der Waals surface area contributed by atoms with Gasteiger partial charge in [-0.05, 0) is 149 Å². The molecule has 2 aliphatic carbocycles. The molecule has 0 radical (unpaired) electrons. The summed E-state index contributed by atoms with van der Waals surface area (Å²) in [7, 11) is 0. The fourth-order valence-electron chi connectivity index (χ4n) is 9.37. The molecule has 1 aromatic heterocycles. The topological polar surface area (TPSA) is 24.9 Å². The normalized spacial score (nSPS) is 23.4. The predicted octanol–water partition coefficient (Wildman–Crippen LogP) is 18.0. The second-order valence-electron chi connectivity index (χ2n) is 23.1. The Balaban J connectivity index is 0.000000375. The molecule has 2 nitrogen and oxygen atoms in total. The Morgan fingerprint density at radius 1 is 0.383 bits per heavy atom. The predicted molar refractivity (Wildman–Crippen MR) is 271 cm³/mol. The van der Waals surface area contributed by atoms with Crippen molar-refractivity contribution in [3.05, 3.63) is 65.0 Å². The summed E-state index contributed by atoms with van der Waals surface area (Å²) in [5, 5.41) is 3.55. The van der Waals surface area contributed by atoms with Crippen molar-refractivity contribution in [2.75, 3.05) is 13.1 Å². The number of nitrogens with one attached hydrogen (secondary N) is 1. The van der Waals surface area contributed by atoms with Crippen LogP contribution in [0.1, 0.15) is 242 Å². The van der Waals surface area contributed by atoms with E-state index in [0.29, 0.717) is 23.7 Å². The van der Waals surface area contributed by atoms with E-state index in [4.69, 9.17) is 0 Å². The summed E-state index contributed by atoms with van der Waals surface area (Å²) in [5.41, 5.74) is 5.56. The average molecular weight is 832 g/mol. The van der Waals surface area contributed by atoms with Crippen LogP contribution in [0.2, 0.25) is 0 Å². The summed E-state index contributed by atoms with van der Waals surface area (Å²) < 4.78 is 0. The summed E-state index contributed by atoms with van der Waals surface area (Å²) in [6.45, 7) is 48.6. The highest BCUT2D eigenvalue weighted by atomic mass is 14.9. The number of aromatic nitrogens is 1. The van der Waals surface area contributed by atoms with Crippen LogP contribution in [0.25, 0.3) is 0 Å². The molecule has 1 aromatic carbocycles. The Labute approximate surface area is 377 Å². The fourth-order valence-corrected chi connectivity index (χ4v) is 9.37. The maximum atomic E-state index is 4.23. The quantitative estimate of drug-likeness (QED) is 0.258. The molecule has 6 atom stereocenters. The van der Waals surface area contributed by atoms with Gasteiger partial charge in [-0.2, -0.15) is 0 Å². The van der Waals surface area contributed by atoms with Gasteiger partial charge in [0.25, 0.3) is 0 Å². The third-order valence-electron chi connectivity index (χ3n) is 14.9. The van der Waals surface area contributed by atoms with Crippen LogP contribution in [-0.4, -0.2) is 18.1 Å². The number of hydrogen-bond donors (Lipinski definition) is 1. The Bertz CT molecular complexity index is 1130. The van der Waals surface area contributed by atoms with E-state index in [-0.39, 0.29) is 0 Å². The molecular weight excluding hydrogens is 725 g/mol. The Hall–Kier alpha value is -1.67. The largest absolute Gasteiger partial charge is 0.316 e. The van der Waals surface area contributed by atoms with E-state index >= 15 is 0 Å². The van der Waals surface area contributed by atoms with Gasteiger partial charge in [-0.25, -0.2) is 0 Å². The van der Waals surface area contributed by atoms with Crippen molar-refractivity contribution < 1.29 is 0 Å². The van der Waals surface area contributed by atoms with Gasteiger partial charge in [0.1, 0.15) is 0 Å². The van der Waals surface area contributed by atoms with Crippen molar-refractivity contribution in [1.29, 1.82) is 0 Å². The van der Waals surface area contributed by atoms with Gasteiger partial charge in [0.2, 0.25) is 0 Å². The number of nitrogens with zero attached hydrogens (tertiary/aromatic N) is 1. The maximum Gasteiger partial charge on any atom is 0.0302 e. The van der Waals surface area contributed by atoms with Crippen LogP contribution < -0.4 is 5.32 Å². The van der Waals surface area contributed by atoms with E-state index in [1.807, 2.05) is 12.4 Å². The molecule has 2 saturated carbocycles. The maximum absolute atomic E-state index is 4.23. The van der Waals surface area contributed by atoms with Gasteiger partial charge in [0, 0.05) is 12.4 Å². The van der Waals surface area contributed by atoms with Crippen LogP contribution in [0.3, 0.4) is 0 Å². The van der Waals surface area contributed by atoms with Gasteiger partial charge in [-0.3, -0.25) is 4.98 Å². The summed E-state index contributed by atoms with van der Waals surface area (Å²) >= 11 is 0. The second-order valence-corrected chi connectivity index (χ2v) is 23.1. The lowest BCUT2D eigenvalue weighted by molar-refractivity contribution is 0.177. The van der Waals surface area contributed by atoms with Crippen molar-refractivity contribution >= 4 is 0 Å². The van der Waals surface area contributed by atoms with Crippen LogP contribution in [0, 0.1) is 71.0 Å². The van der Waals surface area contributed by atoms with Gasteiger partial charge in [0.05, 0.1) is 0 Å². The first-order valence-electron chi connectivity index (χ1n) is 25.8.